The molecule has 1 saturated carbocycles. The molecule has 0 spiro atoms. The highest BCUT2D eigenvalue weighted by Gasteiger charge is 2.30. The monoisotopic (exact) mass is 410 g/mol. The van der Waals surface area contributed by atoms with E-state index in [9.17, 15) is 4.79 Å². The van der Waals surface area contributed by atoms with E-state index in [0.29, 0.717) is 18.6 Å². The molecule has 2 rings (SSSR count). The molecule has 140 valence electrons. The zero-order chi connectivity index (χ0) is 18.6. The first-order valence-electron chi connectivity index (χ1n) is 9.31. The average molecular weight is 411 g/mol. The van der Waals surface area contributed by atoms with Crippen molar-refractivity contribution in [1.29, 1.82) is 0 Å². The summed E-state index contributed by atoms with van der Waals surface area (Å²) < 4.78 is 11.4. The van der Waals surface area contributed by atoms with E-state index in [1.165, 1.54) is 11.1 Å². The van der Waals surface area contributed by atoms with Crippen LogP contribution in [0.25, 0.3) is 0 Å². The molecular formula is C21H31BrO3. The maximum atomic E-state index is 12.2. The molecule has 1 atom stereocenters. The second-order valence-electron chi connectivity index (χ2n) is 7.90. The summed E-state index contributed by atoms with van der Waals surface area (Å²) >= 11 is 3.56. The Morgan fingerprint density at radius 1 is 1.24 bits per heavy atom. The Bertz CT molecular complexity index is 583. The molecule has 0 aromatic heterocycles. The van der Waals surface area contributed by atoms with Gasteiger partial charge in [-0.15, -0.1) is 0 Å². The minimum atomic E-state index is -0.397. The summed E-state index contributed by atoms with van der Waals surface area (Å²) in [7, 11) is 0. The van der Waals surface area contributed by atoms with Gasteiger partial charge in [0.15, 0.2) is 0 Å². The highest BCUT2D eigenvalue weighted by atomic mass is 79.9. The number of carbonyl (C=O) groups is 1. The lowest BCUT2D eigenvalue weighted by atomic mass is 9.78. The Kier molecular flexibility index (Phi) is 7.10. The van der Waals surface area contributed by atoms with E-state index in [0.717, 1.165) is 31.2 Å². The minimum Gasteiger partial charge on any atom is -0.465 e. The van der Waals surface area contributed by atoms with Crippen LogP contribution in [0.4, 0.5) is 0 Å². The van der Waals surface area contributed by atoms with E-state index in [1.54, 1.807) is 0 Å². The van der Waals surface area contributed by atoms with Gasteiger partial charge in [-0.2, -0.15) is 0 Å². The molecule has 1 aromatic carbocycles. The molecule has 0 radical (unpaired) electrons. The summed E-state index contributed by atoms with van der Waals surface area (Å²) in [5, 5.41) is 0. The Morgan fingerprint density at radius 3 is 2.44 bits per heavy atom. The van der Waals surface area contributed by atoms with Gasteiger partial charge in [0.05, 0.1) is 18.3 Å². The van der Waals surface area contributed by atoms with Crippen molar-refractivity contribution >= 4 is 21.9 Å². The second kappa shape index (κ2) is 8.68. The van der Waals surface area contributed by atoms with E-state index in [2.05, 4.69) is 55.8 Å². The molecule has 1 aliphatic carbocycles. The lowest BCUT2D eigenvalue weighted by molar-refractivity contribution is -0.142. The van der Waals surface area contributed by atoms with E-state index in [4.69, 9.17) is 9.47 Å². The van der Waals surface area contributed by atoms with E-state index >= 15 is 0 Å². The third kappa shape index (κ3) is 5.55. The van der Waals surface area contributed by atoms with Gasteiger partial charge in [0.2, 0.25) is 0 Å². The van der Waals surface area contributed by atoms with Crippen molar-refractivity contribution in [3.63, 3.8) is 0 Å². The topological polar surface area (TPSA) is 35.5 Å². The predicted octanol–water partition coefficient (Wildman–Crippen LogP) is 5.84. The van der Waals surface area contributed by atoms with Gasteiger partial charge in [0, 0.05) is 0 Å². The lowest BCUT2D eigenvalue weighted by Crippen LogP contribution is -2.30. The van der Waals surface area contributed by atoms with Gasteiger partial charge in [0.25, 0.3) is 0 Å². The third-order valence-corrected chi connectivity index (χ3v) is 5.59. The molecule has 1 fully saturated rings. The fourth-order valence-corrected chi connectivity index (χ4v) is 4.33. The number of ether oxygens (including phenoxy) is 2. The zero-order valence-corrected chi connectivity index (χ0v) is 17.7. The summed E-state index contributed by atoms with van der Waals surface area (Å²) in [6.07, 6.45) is 4.68. The van der Waals surface area contributed by atoms with Gasteiger partial charge in [-0.3, -0.25) is 4.79 Å². The fraction of sp³-hybridized carbons (Fsp3) is 0.667. The maximum absolute atomic E-state index is 12.2. The van der Waals surface area contributed by atoms with Crippen molar-refractivity contribution in [2.75, 3.05) is 6.61 Å². The molecule has 0 N–H and O–H groups in total. The van der Waals surface area contributed by atoms with E-state index in [-0.39, 0.29) is 11.6 Å². The summed E-state index contributed by atoms with van der Waals surface area (Å²) in [4.78, 5) is 11.8. The number of hydrogen-bond donors (Lipinski definition) is 0. The van der Waals surface area contributed by atoms with Crippen LogP contribution >= 0.6 is 15.9 Å². The number of halogens is 1. The van der Waals surface area contributed by atoms with Gasteiger partial charge in [0.1, 0.15) is 4.83 Å². The van der Waals surface area contributed by atoms with Gasteiger partial charge < -0.3 is 9.47 Å². The first-order chi connectivity index (χ1) is 11.7. The highest BCUT2D eigenvalue weighted by Crippen LogP contribution is 2.41. The molecule has 4 heteroatoms. The normalized spacial score (nSPS) is 22.5. The van der Waals surface area contributed by atoms with Crippen molar-refractivity contribution in [2.24, 2.45) is 0 Å². The van der Waals surface area contributed by atoms with E-state index < -0.39 is 4.83 Å². The molecule has 1 aromatic rings. The van der Waals surface area contributed by atoms with Gasteiger partial charge in [-0.05, 0) is 82.9 Å². The first-order valence-corrected chi connectivity index (χ1v) is 10.2. The number of aryl methyl sites for hydroxylation is 1. The molecule has 0 bridgehead atoms. The van der Waals surface area contributed by atoms with Gasteiger partial charge in [-0.1, -0.05) is 34.1 Å². The van der Waals surface area contributed by atoms with Crippen LogP contribution in [0.2, 0.25) is 0 Å². The molecule has 1 unspecified atom stereocenters. The van der Waals surface area contributed by atoms with Crippen LogP contribution in [0, 0.1) is 6.92 Å². The Labute approximate surface area is 160 Å². The van der Waals surface area contributed by atoms with Crippen LogP contribution in [0.3, 0.4) is 0 Å². The Balaban J connectivity index is 2.16. The number of alkyl halides is 1. The highest BCUT2D eigenvalue weighted by molar-refractivity contribution is 9.09. The smallest absolute Gasteiger partial charge is 0.324 e. The second-order valence-corrected chi connectivity index (χ2v) is 8.81. The quantitative estimate of drug-likeness (QED) is 0.451. The number of rotatable bonds is 5. The molecule has 0 amide bonds. The SMILES string of the molecule is CCOC(=O)C(Br)c1cccc(C)c1C1CCC(OC(C)(C)C)CC1. The number of hydrogen-bond acceptors (Lipinski definition) is 3. The van der Waals surface area contributed by atoms with Crippen LogP contribution in [0.15, 0.2) is 18.2 Å². The standard InChI is InChI=1S/C21H31BrO3/c1-6-24-20(23)19(22)17-9-7-8-14(2)18(17)15-10-12-16(13-11-15)25-21(3,4)5/h7-9,15-16,19H,6,10-13H2,1-5H3. The molecule has 1 aliphatic rings. The third-order valence-electron chi connectivity index (χ3n) is 4.73. The lowest BCUT2D eigenvalue weighted by Gasteiger charge is -2.35. The van der Waals surface area contributed by atoms with Crippen LogP contribution in [-0.4, -0.2) is 24.3 Å². The minimum absolute atomic E-state index is 0.0871. The molecular weight excluding hydrogens is 380 g/mol. The van der Waals surface area contributed by atoms with Crippen LogP contribution in [0.5, 0.6) is 0 Å². The Morgan fingerprint density at radius 2 is 1.88 bits per heavy atom. The van der Waals surface area contributed by atoms with Crippen LogP contribution in [-0.2, 0) is 14.3 Å². The molecule has 0 heterocycles. The molecule has 0 aliphatic heterocycles. The zero-order valence-electron chi connectivity index (χ0n) is 16.1. The van der Waals surface area contributed by atoms with Crippen molar-refractivity contribution < 1.29 is 14.3 Å². The molecule has 0 saturated heterocycles. The Hall–Kier alpha value is -0.870. The van der Waals surface area contributed by atoms with Crippen LogP contribution < -0.4 is 0 Å². The molecule has 25 heavy (non-hydrogen) atoms. The van der Waals surface area contributed by atoms with Gasteiger partial charge in [-0.25, -0.2) is 0 Å². The van der Waals surface area contributed by atoms with Crippen molar-refractivity contribution in [1.82, 2.24) is 0 Å². The van der Waals surface area contributed by atoms with Crippen LogP contribution in [0.1, 0.15) is 80.8 Å². The predicted molar refractivity (Wildman–Crippen MR) is 105 cm³/mol. The molecule has 3 nitrogen and oxygen atoms in total. The van der Waals surface area contributed by atoms with Gasteiger partial charge >= 0.3 is 5.97 Å². The van der Waals surface area contributed by atoms with E-state index in [1.807, 2.05) is 13.0 Å². The van der Waals surface area contributed by atoms with Crippen molar-refractivity contribution in [3.05, 3.63) is 34.9 Å². The summed E-state index contributed by atoms with van der Waals surface area (Å²) in [5.74, 6) is 0.268. The summed E-state index contributed by atoms with van der Waals surface area (Å²) in [5.41, 5.74) is 3.53. The number of benzene rings is 1. The van der Waals surface area contributed by atoms with Crippen molar-refractivity contribution in [2.45, 2.75) is 82.8 Å². The maximum Gasteiger partial charge on any atom is 0.324 e. The number of carbonyl (C=O) groups excluding carboxylic acids is 1. The number of esters is 1. The summed E-state index contributed by atoms with van der Waals surface area (Å²) in [6.45, 7) is 10.7. The average Bonchev–Trinajstić information content (AvgIpc) is 2.53. The fourth-order valence-electron chi connectivity index (χ4n) is 3.79. The largest absolute Gasteiger partial charge is 0.465 e. The first kappa shape index (κ1) is 20.4. The van der Waals surface area contributed by atoms with Crippen molar-refractivity contribution in [3.8, 4) is 0 Å². The summed E-state index contributed by atoms with van der Waals surface area (Å²) in [6, 6.07) is 6.22.